The summed E-state index contributed by atoms with van der Waals surface area (Å²) < 4.78 is 0. The minimum Gasteiger partial charge on any atom is -0.267 e. The largest absolute Gasteiger partial charge is 0.273 e. The maximum absolute atomic E-state index is 12.7. The number of carbonyl (C=O) groups excluding carboxylic acids is 2. The molecule has 7 nitrogen and oxygen atoms in total. The van der Waals surface area contributed by atoms with Crippen LogP contribution in [0, 0.1) is 13.8 Å². The summed E-state index contributed by atoms with van der Waals surface area (Å²) in [6.45, 7) is 7.62. The summed E-state index contributed by atoms with van der Waals surface area (Å²) in [5, 5.41) is 8.06. The molecule has 2 aromatic carbocycles. The van der Waals surface area contributed by atoms with Crippen LogP contribution in [0.3, 0.4) is 0 Å². The number of nitrogens with zero attached hydrogens (tertiary/aromatic N) is 3. The molecule has 0 unspecified atom stereocenters. The van der Waals surface area contributed by atoms with Crippen LogP contribution in [0.4, 0.5) is 0 Å². The third-order valence-corrected chi connectivity index (χ3v) is 5.43. The Labute approximate surface area is 200 Å². The number of carbonyl (C=O) groups is 2. The lowest BCUT2D eigenvalue weighted by molar-refractivity contribution is 0.0954. The van der Waals surface area contributed by atoms with Gasteiger partial charge in [0.1, 0.15) is 0 Å². The first kappa shape index (κ1) is 24.5. The van der Waals surface area contributed by atoms with E-state index in [4.69, 9.17) is 0 Å². The second-order valence-corrected chi connectivity index (χ2v) is 7.84. The zero-order valence-electron chi connectivity index (χ0n) is 19.9. The number of hydrazone groups is 2. The molecule has 7 heteroatoms. The fraction of sp³-hybridized carbons (Fsp3) is 0.222. The number of amides is 2. The molecule has 174 valence electrons. The second-order valence-electron chi connectivity index (χ2n) is 7.84. The van der Waals surface area contributed by atoms with Gasteiger partial charge in [0.15, 0.2) is 0 Å². The maximum atomic E-state index is 12.7. The van der Waals surface area contributed by atoms with Crippen molar-refractivity contribution in [2.75, 3.05) is 0 Å². The van der Waals surface area contributed by atoms with Gasteiger partial charge in [-0.15, -0.1) is 0 Å². The Morgan fingerprint density at radius 3 is 1.47 bits per heavy atom. The summed E-state index contributed by atoms with van der Waals surface area (Å²) in [6.07, 6.45) is 5.07. The first-order valence-electron chi connectivity index (χ1n) is 11.2. The minimum absolute atomic E-state index is 0.272. The Hall–Kier alpha value is -4.13. The van der Waals surface area contributed by atoms with Crippen molar-refractivity contribution in [3.8, 4) is 0 Å². The molecule has 0 spiro atoms. The topological polar surface area (TPSA) is 95.8 Å². The van der Waals surface area contributed by atoms with Crippen LogP contribution in [-0.2, 0) is 12.8 Å². The Morgan fingerprint density at radius 2 is 1.12 bits per heavy atom. The minimum atomic E-state index is -0.444. The Kier molecular flexibility index (Phi) is 8.40. The molecule has 0 aliphatic carbocycles. The van der Waals surface area contributed by atoms with Crippen molar-refractivity contribution in [1.82, 2.24) is 15.8 Å². The van der Waals surface area contributed by atoms with Crippen LogP contribution in [0.25, 0.3) is 0 Å². The van der Waals surface area contributed by atoms with Gasteiger partial charge in [-0.3, -0.25) is 14.6 Å². The lowest BCUT2D eigenvalue weighted by Crippen LogP contribution is -2.23. The number of rotatable bonds is 8. The Balaban J connectivity index is 1.67. The van der Waals surface area contributed by atoms with Crippen LogP contribution in [0.15, 0.2) is 64.8 Å². The smallest absolute Gasteiger partial charge is 0.267 e. The van der Waals surface area contributed by atoms with Crippen LogP contribution >= 0.6 is 0 Å². The Bertz CT molecular complexity index is 1120. The maximum Gasteiger partial charge on any atom is 0.273 e. The second kappa shape index (κ2) is 11.7. The molecule has 0 fully saturated rings. The van der Waals surface area contributed by atoms with Crippen molar-refractivity contribution < 1.29 is 9.59 Å². The van der Waals surface area contributed by atoms with E-state index in [0.717, 1.165) is 24.0 Å². The molecular weight excluding hydrogens is 426 g/mol. The molecule has 1 aromatic heterocycles. The van der Waals surface area contributed by atoms with E-state index in [9.17, 15) is 9.59 Å². The van der Waals surface area contributed by atoms with Gasteiger partial charge in [0, 0.05) is 0 Å². The zero-order valence-corrected chi connectivity index (χ0v) is 19.9. The average Bonchev–Trinajstić information content (AvgIpc) is 2.84. The van der Waals surface area contributed by atoms with Crippen LogP contribution in [-0.4, -0.2) is 29.2 Å². The van der Waals surface area contributed by atoms with E-state index in [2.05, 4.69) is 39.9 Å². The molecule has 0 bridgehead atoms. The average molecular weight is 456 g/mol. The molecular formula is C27H29N5O2. The molecule has 0 aliphatic rings. The highest BCUT2D eigenvalue weighted by Crippen LogP contribution is 2.13. The van der Waals surface area contributed by atoms with Gasteiger partial charge in [-0.2, -0.15) is 10.2 Å². The van der Waals surface area contributed by atoms with Crippen molar-refractivity contribution in [1.29, 1.82) is 0 Å². The van der Waals surface area contributed by atoms with Crippen molar-refractivity contribution in [3.63, 3.8) is 0 Å². The number of hydrogen-bond acceptors (Lipinski definition) is 5. The number of nitrogens with one attached hydrogen (secondary N) is 2. The van der Waals surface area contributed by atoms with Crippen LogP contribution < -0.4 is 10.9 Å². The summed E-state index contributed by atoms with van der Waals surface area (Å²) in [4.78, 5) is 29.7. The third kappa shape index (κ3) is 6.45. The van der Waals surface area contributed by atoms with Gasteiger partial charge in [-0.05, 0) is 55.0 Å². The highest BCUT2D eigenvalue weighted by molar-refractivity contribution is 6.01. The van der Waals surface area contributed by atoms with Crippen LogP contribution in [0.5, 0.6) is 0 Å². The molecule has 2 amide bonds. The van der Waals surface area contributed by atoms with E-state index in [0.29, 0.717) is 11.4 Å². The van der Waals surface area contributed by atoms with E-state index < -0.39 is 11.8 Å². The normalized spacial score (nSPS) is 11.2. The Morgan fingerprint density at radius 1 is 0.735 bits per heavy atom. The van der Waals surface area contributed by atoms with Crippen molar-refractivity contribution >= 4 is 24.2 Å². The SMILES string of the molecule is CCc1ccc(/C=N/NC(=O)c2cc(C(=O)N/N=C/c3ccc(CC)cc3)c(C)nc2C)cc1. The van der Waals surface area contributed by atoms with Crippen LogP contribution in [0.2, 0.25) is 0 Å². The summed E-state index contributed by atoms with van der Waals surface area (Å²) in [7, 11) is 0. The zero-order chi connectivity index (χ0) is 24.5. The molecule has 0 saturated heterocycles. The predicted octanol–water partition coefficient (Wildman–Crippen LogP) is 4.35. The van der Waals surface area contributed by atoms with Gasteiger partial charge in [0.25, 0.3) is 11.8 Å². The molecule has 34 heavy (non-hydrogen) atoms. The lowest BCUT2D eigenvalue weighted by atomic mass is 10.1. The first-order valence-corrected chi connectivity index (χ1v) is 11.2. The summed E-state index contributed by atoms with van der Waals surface area (Å²) in [5.41, 5.74) is 10.8. The molecule has 0 atom stereocenters. The van der Waals surface area contributed by atoms with E-state index >= 15 is 0 Å². The van der Waals surface area contributed by atoms with E-state index in [1.54, 1.807) is 26.3 Å². The van der Waals surface area contributed by atoms with Crippen molar-refractivity contribution in [3.05, 3.63) is 99.4 Å². The highest BCUT2D eigenvalue weighted by atomic mass is 16.2. The van der Waals surface area contributed by atoms with Crippen molar-refractivity contribution in [2.45, 2.75) is 40.5 Å². The van der Waals surface area contributed by atoms with E-state index in [-0.39, 0.29) is 11.1 Å². The summed E-state index contributed by atoms with van der Waals surface area (Å²) in [6, 6.07) is 17.3. The standard InChI is InChI=1S/C27H29N5O2/c1-5-20-7-11-22(12-8-20)16-28-31-26(33)24-15-25(19(4)30-18(24)3)27(34)32-29-17-23-13-9-21(6-2)10-14-23/h7-17H,5-6H2,1-4H3,(H,31,33)(H,32,34)/b28-16+,29-17+. The van der Waals surface area contributed by atoms with Gasteiger partial charge in [0.05, 0.1) is 34.9 Å². The molecule has 3 rings (SSSR count). The molecule has 1 heterocycles. The quantitative estimate of drug-likeness (QED) is 0.390. The molecule has 3 aromatic rings. The highest BCUT2D eigenvalue weighted by Gasteiger charge is 2.17. The third-order valence-electron chi connectivity index (χ3n) is 5.43. The van der Waals surface area contributed by atoms with Gasteiger partial charge in [-0.25, -0.2) is 10.9 Å². The van der Waals surface area contributed by atoms with E-state index in [1.165, 1.54) is 17.2 Å². The summed E-state index contributed by atoms with van der Waals surface area (Å²) >= 11 is 0. The number of pyridine rings is 1. The first-order chi connectivity index (χ1) is 16.4. The predicted molar refractivity (Wildman–Crippen MR) is 135 cm³/mol. The molecule has 2 N–H and O–H groups in total. The van der Waals surface area contributed by atoms with E-state index in [1.807, 2.05) is 48.5 Å². The van der Waals surface area contributed by atoms with Gasteiger partial charge >= 0.3 is 0 Å². The lowest BCUT2D eigenvalue weighted by Gasteiger charge is -2.09. The monoisotopic (exact) mass is 455 g/mol. The number of aromatic nitrogens is 1. The summed E-state index contributed by atoms with van der Waals surface area (Å²) in [5.74, 6) is -0.889. The fourth-order valence-electron chi connectivity index (χ4n) is 3.32. The fourth-order valence-corrected chi connectivity index (χ4v) is 3.32. The van der Waals surface area contributed by atoms with Gasteiger partial charge in [-0.1, -0.05) is 62.4 Å². The van der Waals surface area contributed by atoms with Gasteiger partial charge < -0.3 is 0 Å². The van der Waals surface area contributed by atoms with Crippen molar-refractivity contribution in [2.24, 2.45) is 10.2 Å². The number of benzene rings is 2. The number of aryl methyl sites for hydroxylation is 4. The molecule has 0 radical (unpaired) electrons. The molecule has 0 aliphatic heterocycles. The number of hydrogen-bond donors (Lipinski definition) is 2. The van der Waals surface area contributed by atoms with Crippen LogP contribution in [0.1, 0.15) is 68.2 Å². The molecule has 0 saturated carbocycles. The van der Waals surface area contributed by atoms with Gasteiger partial charge in [0.2, 0.25) is 0 Å².